The summed E-state index contributed by atoms with van der Waals surface area (Å²) in [6.07, 6.45) is 7.53. The van der Waals surface area contributed by atoms with Gasteiger partial charge in [0.2, 0.25) is 0 Å². The van der Waals surface area contributed by atoms with E-state index in [2.05, 4.69) is 12.0 Å². The summed E-state index contributed by atoms with van der Waals surface area (Å²) in [6, 6.07) is 0. The lowest BCUT2D eigenvalue weighted by Crippen LogP contribution is -2.12. The molecule has 0 aliphatic rings. The van der Waals surface area contributed by atoms with Crippen LogP contribution >= 0.6 is 0 Å². The van der Waals surface area contributed by atoms with Gasteiger partial charge in [-0.1, -0.05) is 12.2 Å². The van der Waals surface area contributed by atoms with Crippen molar-refractivity contribution in [1.29, 1.82) is 0 Å². The monoisotopic (exact) mass is 228 g/mol. The SMILES string of the molecule is CCOC#CC(CC/C=C\CO)OCOC. The van der Waals surface area contributed by atoms with Gasteiger partial charge in [0.25, 0.3) is 0 Å². The molecule has 4 nitrogen and oxygen atoms in total. The van der Waals surface area contributed by atoms with Crippen LogP contribution in [-0.4, -0.2) is 38.3 Å². The summed E-state index contributed by atoms with van der Waals surface area (Å²) in [4.78, 5) is 0. The van der Waals surface area contributed by atoms with E-state index in [4.69, 9.17) is 19.3 Å². The fraction of sp³-hybridized carbons (Fsp3) is 0.667. The summed E-state index contributed by atoms with van der Waals surface area (Å²) in [5, 5.41) is 8.56. The highest BCUT2D eigenvalue weighted by Gasteiger charge is 2.03. The molecule has 92 valence electrons. The maximum absolute atomic E-state index is 8.56. The lowest BCUT2D eigenvalue weighted by Gasteiger charge is -2.09. The average Bonchev–Trinajstić information content (AvgIpc) is 2.31. The number of ether oxygens (including phenoxy) is 3. The van der Waals surface area contributed by atoms with Gasteiger partial charge < -0.3 is 19.3 Å². The fourth-order valence-corrected chi connectivity index (χ4v) is 0.967. The molecule has 0 aromatic heterocycles. The Morgan fingerprint density at radius 1 is 1.38 bits per heavy atom. The first-order chi connectivity index (χ1) is 7.85. The molecule has 0 amide bonds. The normalized spacial score (nSPS) is 12.2. The summed E-state index contributed by atoms with van der Waals surface area (Å²) in [5.74, 6) is 2.86. The van der Waals surface area contributed by atoms with E-state index in [-0.39, 0.29) is 19.5 Å². The number of methoxy groups -OCH3 is 1. The van der Waals surface area contributed by atoms with E-state index in [1.165, 1.54) is 0 Å². The summed E-state index contributed by atoms with van der Waals surface area (Å²) in [5.41, 5.74) is 0. The molecule has 1 unspecified atom stereocenters. The first kappa shape index (κ1) is 15.0. The number of aliphatic hydroxyl groups excluding tert-OH is 1. The second-order valence-electron chi connectivity index (χ2n) is 2.97. The number of hydrogen-bond donors (Lipinski definition) is 1. The standard InChI is InChI=1S/C12H20O4/c1-3-15-10-8-12(16-11-14-2)7-5-4-6-9-13/h4,6,12-13H,3,5,7,9,11H2,1-2H3/b6-4-. The second-order valence-corrected chi connectivity index (χ2v) is 2.97. The largest absolute Gasteiger partial charge is 0.447 e. The van der Waals surface area contributed by atoms with E-state index in [0.717, 1.165) is 12.8 Å². The van der Waals surface area contributed by atoms with Gasteiger partial charge >= 0.3 is 0 Å². The molecular weight excluding hydrogens is 208 g/mol. The lowest BCUT2D eigenvalue weighted by molar-refractivity contribution is -0.0542. The Morgan fingerprint density at radius 2 is 2.19 bits per heavy atom. The van der Waals surface area contributed by atoms with Crippen LogP contribution in [0.3, 0.4) is 0 Å². The van der Waals surface area contributed by atoms with Gasteiger partial charge in [0.05, 0.1) is 13.2 Å². The molecule has 0 saturated carbocycles. The van der Waals surface area contributed by atoms with Crippen LogP contribution in [0, 0.1) is 12.0 Å². The van der Waals surface area contributed by atoms with Gasteiger partial charge in [-0.05, 0) is 25.7 Å². The van der Waals surface area contributed by atoms with E-state index >= 15 is 0 Å². The zero-order valence-corrected chi connectivity index (χ0v) is 9.94. The van der Waals surface area contributed by atoms with Gasteiger partial charge in [-0.15, -0.1) is 0 Å². The van der Waals surface area contributed by atoms with Crippen LogP contribution in [0.1, 0.15) is 19.8 Å². The van der Waals surface area contributed by atoms with Gasteiger partial charge in [0.15, 0.2) is 0 Å². The minimum atomic E-state index is -0.199. The minimum Gasteiger partial charge on any atom is -0.447 e. The Balaban J connectivity index is 3.90. The minimum absolute atomic E-state index is 0.0637. The van der Waals surface area contributed by atoms with Gasteiger partial charge in [0.1, 0.15) is 19.0 Å². The maximum Gasteiger partial charge on any atom is 0.148 e. The van der Waals surface area contributed by atoms with Crippen molar-refractivity contribution in [2.75, 3.05) is 27.1 Å². The Hall–Kier alpha value is -1.02. The topological polar surface area (TPSA) is 47.9 Å². The predicted molar refractivity (Wildman–Crippen MR) is 61.6 cm³/mol. The Morgan fingerprint density at radius 3 is 2.81 bits per heavy atom. The Bertz CT molecular complexity index is 227. The van der Waals surface area contributed by atoms with Crippen molar-refractivity contribution in [2.45, 2.75) is 25.9 Å². The van der Waals surface area contributed by atoms with Crippen molar-refractivity contribution in [1.82, 2.24) is 0 Å². The highest BCUT2D eigenvalue weighted by molar-refractivity contribution is 5.00. The van der Waals surface area contributed by atoms with E-state index in [0.29, 0.717) is 6.61 Å². The molecule has 1 atom stereocenters. The molecule has 0 rings (SSSR count). The third kappa shape index (κ3) is 9.53. The first-order valence-corrected chi connectivity index (χ1v) is 5.33. The van der Waals surface area contributed by atoms with Crippen molar-refractivity contribution >= 4 is 0 Å². The van der Waals surface area contributed by atoms with Crippen molar-refractivity contribution in [2.24, 2.45) is 0 Å². The van der Waals surface area contributed by atoms with Crippen LogP contribution in [0.5, 0.6) is 0 Å². The molecule has 0 aromatic carbocycles. The van der Waals surface area contributed by atoms with Crippen molar-refractivity contribution in [3.8, 4) is 12.0 Å². The van der Waals surface area contributed by atoms with Crippen LogP contribution in [0.4, 0.5) is 0 Å². The highest BCUT2D eigenvalue weighted by atomic mass is 16.7. The zero-order valence-electron chi connectivity index (χ0n) is 9.94. The van der Waals surface area contributed by atoms with E-state index in [9.17, 15) is 0 Å². The molecule has 16 heavy (non-hydrogen) atoms. The van der Waals surface area contributed by atoms with E-state index in [1.54, 1.807) is 13.2 Å². The fourth-order valence-electron chi connectivity index (χ4n) is 0.967. The molecule has 0 spiro atoms. The average molecular weight is 228 g/mol. The molecule has 0 aliphatic carbocycles. The predicted octanol–water partition coefficient (Wildman–Crippen LogP) is 1.30. The van der Waals surface area contributed by atoms with Gasteiger partial charge in [-0.2, -0.15) is 0 Å². The molecule has 0 heterocycles. The third-order valence-corrected chi connectivity index (χ3v) is 1.69. The van der Waals surface area contributed by atoms with Gasteiger partial charge in [-0.25, -0.2) is 0 Å². The molecule has 0 aliphatic heterocycles. The summed E-state index contributed by atoms with van der Waals surface area (Å²) < 4.78 is 15.1. The summed E-state index contributed by atoms with van der Waals surface area (Å²) in [6.45, 7) is 2.72. The highest BCUT2D eigenvalue weighted by Crippen LogP contribution is 2.02. The number of hydrogen-bond acceptors (Lipinski definition) is 4. The second kappa shape index (κ2) is 12.1. The molecule has 0 aromatic rings. The lowest BCUT2D eigenvalue weighted by atomic mass is 10.2. The molecule has 0 radical (unpaired) electrons. The summed E-state index contributed by atoms with van der Waals surface area (Å²) in [7, 11) is 1.57. The maximum atomic E-state index is 8.56. The van der Waals surface area contributed by atoms with Crippen LogP contribution < -0.4 is 0 Å². The molecule has 1 N–H and O–H groups in total. The number of rotatable bonds is 8. The van der Waals surface area contributed by atoms with Gasteiger partial charge in [0, 0.05) is 7.11 Å². The number of allylic oxidation sites excluding steroid dienone is 1. The van der Waals surface area contributed by atoms with Crippen LogP contribution in [0.25, 0.3) is 0 Å². The molecule has 0 fully saturated rings. The first-order valence-electron chi connectivity index (χ1n) is 5.33. The van der Waals surface area contributed by atoms with Crippen LogP contribution in [-0.2, 0) is 14.2 Å². The van der Waals surface area contributed by atoms with Crippen LogP contribution in [0.15, 0.2) is 12.2 Å². The third-order valence-electron chi connectivity index (χ3n) is 1.69. The van der Waals surface area contributed by atoms with Gasteiger partial charge in [-0.3, -0.25) is 0 Å². The van der Waals surface area contributed by atoms with Crippen molar-refractivity contribution in [3.63, 3.8) is 0 Å². The summed E-state index contributed by atoms with van der Waals surface area (Å²) >= 11 is 0. The van der Waals surface area contributed by atoms with Crippen molar-refractivity contribution < 1.29 is 19.3 Å². The Kier molecular flexibility index (Phi) is 11.3. The molecule has 0 saturated heterocycles. The molecule has 4 heteroatoms. The van der Waals surface area contributed by atoms with Crippen molar-refractivity contribution in [3.05, 3.63) is 12.2 Å². The van der Waals surface area contributed by atoms with E-state index in [1.807, 2.05) is 13.0 Å². The Labute approximate surface area is 97.2 Å². The number of aliphatic hydroxyl groups is 1. The molecular formula is C12H20O4. The van der Waals surface area contributed by atoms with Crippen LogP contribution in [0.2, 0.25) is 0 Å². The van der Waals surface area contributed by atoms with E-state index < -0.39 is 0 Å². The quantitative estimate of drug-likeness (QED) is 0.386. The smallest absolute Gasteiger partial charge is 0.148 e. The molecule has 0 bridgehead atoms. The zero-order chi connectivity index (χ0) is 12.1.